The lowest BCUT2D eigenvalue weighted by molar-refractivity contribution is 0.240. The molecule has 1 aliphatic carbocycles. The summed E-state index contributed by atoms with van der Waals surface area (Å²) in [5, 5.41) is 4.52. The first-order valence-electron chi connectivity index (χ1n) is 11.0. The monoisotopic (exact) mass is 517 g/mol. The van der Waals surface area contributed by atoms with Gasteiger partial charge in [0.25, 0.3) is 0 Å². The number of halogens is 1. The standard InChI is InChI=1S/C23H28BrN5O2S/c1-25-16-13-18(14-16)29-15-21(24)20-7-8-22(26-23(20)29)28-11-9-27(10-12-28)17-3-5-19(6-4-17)32(2,30)31/h3-8,15-16,18,25H,9-14H2,1-2H3/t16-,18-. The van der Waals surface area contributed by atoms with Crippen molar-refractivity contribution in [3.05, 3.63) is 47.1 Å². The average molecular weight is 518 g/mol. The number of aromatic nitrogens is 2. The van der Waals surface area contributed by atoms with Crippen LogP contribution in [0.1, 0.15) is 18.9 Å². The molecule has 1 aliphatic heterocycles. The van der Waals surface area contributed by atoms with Crippen molar-refractivity contribution in [2.45, 2.75) is 29.8 Å². The van der Waals surface area contributed by atoms with Crippen LogP contribution in [0.25, 0.3) is 11.0 Å². The minimum Gasteiger partial charge on any atom is -0.368 e. The molecule has 0 radical (unpaired) electrons. The van der Waals surface area contributed by atoms with Crippen molar-refractivity contribution in [2.75, 3.05) is 49.3 Å². The molecule has 9 heteroatoms. The van der Waals surface area contributed by atoms with Gasteiger partial charge in [0.05, 0.1) is 4.90 Å². The molecular formula is C23H28BrN5O2S. The number of anilines is 2. The molecule has 2 aromatic heterocycles. The van der Waals surface area contributed by atoms with E-state index >= 15 is 0 Å². The van der Waals surface area contributed by atoms with Gasteiger partial charge >= 0.3 is 0 Å². The molecule has 0 bridgehead atoms. The van der Waals surface area contributed by atoms with Crippen molar-refractivity contribution in [3.63, 3.8) is 0 Å². The maximum atomic E-state index is 11.7. The SMILES string of the molecule is CN[C@H]1C[C@H](n2cc(Br)c3ccc(N4CCN(c5ccc(S(C)(=O)=O)cc5)CC4)nc32)C1. The summed E-state index contributed by atoms with van der Waals surface area (Å²) in [5.41, 5.74) is 2.11. The summed E-state index contributed by atoms with van der Waals surface area (Å²) in [7, 11) is -1.14. The Kier molecular flexibility index (Phi) is 5.67. The van der Waals surface area contributed by atoms with Gasteiger partial charge in [-0.05, 0) is 72.2 Å². The van der Waals surface area contributed by atoms with Crippen molar-refractivity contribution in [3.8, 4) is 0 Å². The number of hydrogen-bond donors (Lipinski definition) is 1. The molecule has 2 aliphatic rings. The normalized spacial score (nSPS) is 21.7. The quantitative estimate of drug-likeness (QED) is 0.558. The fourth-order valence-electron chi connectivity index (χ4n) is 4.68. The summed E-state index contributed by atoms with van der Waals surface area (Å²) in [5.74, 6) is 1.01. The maximum Gasteiger partial charge on any atom is 0.175 e. The summed E-state index contributed by atoms with van der Waals surface area (Å²) >= 11 is 3.71. The van der Waals surface area contributed by atoms with Gasteiger partial charge in [-0.2, -0.15) is 0 Å². The van der Waals surface area contributed by atoms with Crippen molar-refractivity contribution < 1.29 is 8.42 Å². The topological polar surface area (TPSA) is 70.5 Å². The Bertz CT molecular complexity index is 1230. The number of hydrogen-bond acceptors (Lipinski definition) is 6. The molecule has 7 nitrogen and oxygen atoms in total. The molecule has 32 heavy (non-hydrogen) atoms. The second-order valence-corrected chi connectivity index (χ2v) is 11.6. The molecular weight excluding hydrogens is 490 g/mol. The van der Waals surface area contributed by atoms with Gasteiger partial charge in [0.1, 0.15) is 11.5 Å². The molecule has 1 saturated carbocycles. The summed E-state index contributed by atoms with van der Waals surface area (Å²) in [6.07, 6.45) is 5.69. The van der Waals surface area contributed by atoms with E-state index in [-0.39, 0.29) is 0 Å². The lowest BCUT2D eigenvalue weighted by atomic mass is 9.87. The molecule has 0 atom stereocenters. The fraction of sp³-hybridized carbons (Fsp3) is 0.435. The zero-order valence-corrected chi connectivity index (χ0v) is 20.7. The van der Waals surface area contributed by atoms with E-state index in [2.05, 4.69) is 53.9 Å². The highest BCUT2D eigenvalue weighted by Gasteiger charge is 2.31. The Balaban J connectivity index is 1.31. The zero-order valence-electron chi connectivity index (χ0n) is 18.3. The number of nitrogens with zero attached hydrogens (tertiary/aromatic N) is 4. The van der Waals surface area contributed by atoms with E-state index in [0.717, 1.165) is 66.0 Å². The summed E-state index contributed by atoms with van der Waals surface area (Å²) in [4.78, 5) is 10.1. The third kappa shape index (κ3) is 4.02. The Labute approximate surface area is 197 Å². The zero-order chi connectivity index (χ0) is 22.5. The van der Waals surface area contributed by atoms with Crippen LogP contribution in [0.3, 0.4) is 0 Å². The average Bonchev–Trinajstić information content (AvgIpc) is 3.08. The molecule has 0 unspecified atom stereocenters. The number of benzene rings is 1. The van der Waals surface area contributed by atoms with Gasteiger partial charge in [-0.1, -0.05) is 0 Å². The molecule has 5 rings (SSSR count). The lowest BCUT2D eigenvalue weighted by Gasteiger charge is -2.37. The van der Waals surface area contributed by atoms with Gasteiger partial charge in [0, 0.05) is 66.3 Å². The van der Waals surface area contributed by atoms with Crippen molar-refractivity contribution >= 4 is 48.3 Å². The Morgan fingerprint density at radius 1 is 1.00 bits per heavy atom. The largest absolute Gasteiger partial charge is 0.368 e. The van der Waals surface area contributed by atoms with Crippen LogP contribution in [-0.2, 0) is 9.84 Å². The van der Waals surface area contributed by atoms with E-state index in [1.54, 1.807) is 12.1 Å². The summed E-state index contributed by atoms with van der Waals surface area (Å²) in [6, 6.07) is 12.6. The van der Waals surface area contributed by atoms with Crippen LogP contribution in [0.5, 0.6) is 0 Å². The highest BCUT2D eigenvalue weighted by molar-refractivity contribution is 9.10. The molecule has 2 fully saturated rings. The first kappa shape index (κ1) is 21.7. The molecule has 1 aromatic carbocycles. The van der Waals surface area contributed by atoms with E-state index in [1.165, 1.54) is 6.26 Å². The van der Waals surface area contributed by atoms with Crippen molar-refractivity contribution in [1.29, 1.82) is 0 Å². The second-order valence-electron chi connectivity index (χ2n) is 8.78. The molecule has 3 aromatic rings. The van der Waals surface area contributed by atoms with E-state index < -0.39 is 9.84 Å². The van der Waals surface area contributed by atoms with Gasteiger partial charge < -0.3 is 19.7 Å². The van der Waals surface area contributed by atoms with Crippen LogP contribution in [0.2, 0.25) is 0 Å². The number of fused-ring (bicyclic) bond motifs is 1. The summed E-state index contributed by atoms with van der Waals surface area (Å²) in [6.45, 7) is 3.49. The first-order valence-corrected chi connectivity index (χ1v) is 13.7. The number of rotatable bonds is 5. The van der Waals surface area contributed by atoms with E-state index in [9.17, 15) is 8.42 Å². The van der Waals surface area contributed by atoms with E-state index in [4.69, 9.17) is 4.98 Å². The molecule has 1 saturated heterocycles. The van der Waals surface area contributed by atoms with Gasteiger partial charge in [0.15, 0.2) is 9.84 Å². The van der Waals surface area contributed by atoms with Crippen LogP contribution in [-0.4, -0.2) is 63.5 Å². The van der Waals surface area contributed by atoms with Crippen LogP contribution < -0.4 is 15.1 Å². The third-order valence-electron chi connectivity index (χ3n) is 6.76. The number of nitrogens with one attached hydrogen (secondary N) is 1. The predicted molar refractivity (Wildman–Crippen MR) is 133 cm³/mol. The molecule has 1 N–H and O–H groups in total. The van der Waals surface area contributed by atoms with Crippen LogP contribution in [0.4, 0.5) is 11.5 Å². The Hall–Kier alpha value is -2.10. The maximum absolute atomic E-state index is 11.7. The van der Waals surface area contributed by atoms with Gasteiger partial charge in [-0.25, -0.2) is 13.4 Å². The molecule has 3 heterocycles. The van der Waals surface area contributed by atoms with Crippen molar-refractivity contribution in [2.24, 2.45) is 0 Å². The minimum absolute atomic E-state index is 0.360. The highest BCUT2D eigenvalue weighted by Crippen LogP contribution is 2.38. The number of pyridine rings is 1. The molecule has 0 amide bonds. The second kappa shape index (κ2) is 8.35. The first-order chi connectivity index (χ1) is 15.3. The van der Waals surface area contributed by atoms with Crippen LogP contribution >= 0.6 is 15.9 Å². The van der Waals surface area contributed by atoms with E-state index in [1.807, 2.05) is 19.2 Å². The number of sulfone groups is 1. The highest BCUT2D eigenvalue weighted by atomic mass is 79.9. The van der Waals surface area contributed by atoms with E-state index in [0.29, 0.717) is 17.0 Å². The Morgan fingerprint density at radius 2 is 1.66 bits per heavy atom. The predicted octanol–water partition coefficient (Wildman–Crippen LogP) is 3.45. The Morgan fingerprint density at radius 3 is 2.28 bits per heavy atom. The smallest absolute Gasteiger partial charge is 0.175 e. The van der Waals surface area contributed by atoms with Gasteiger partial charge in [-0.3, -0.25) is 0 Å². The fourth-order valence-corrected chi connectivity index (χ4v) is 5.84. The van der Waals surface area contributed by atoms with Gasteiger partial charge in [0.2, 0.25) is 0 Å². The molecule has 170 valence electrons. The van der Waals surface area contributed by atoms with Crippen LogP contribution in [0, 0.1) is 0 Å². The minimum atomic E-state index is -3.17. The summed E-state index contributed by atoms with van der Waals surface area (Å²) < 4.78 is 26.8. The third-order valence-corrected chi connectivity index (χ3v) is 8.52. The van der Waals surface area contributed by atoms with Gasteiger partial charge in [-0.15, -0.1) is 0 Å². The van der Waals surface area contributed by atoms with Crippen molar-refractivity contribution in [1.82, 2.24) is 14.9 Å². The van der Waals surface area contributed by atoms with Crippen LogP contribution in [0.15, 0.2) is 52.0 Å². The number of piperazine rings is 1. The lowest BCUT2D eigenvalue weighted by Crippen LogP contribution is -2.46. The molecule has 0 spiro atoms.